The minimum absolute atomic E-state index is 0.867. The Kier molecular flexibility index (Phi) is 7.75. The van der Waals surface area contributed by atoms with Crippen LogP contribution in [0.25, 0.3) is 97.0 Å². The monoisotopic (exact) mass is 769 g/mol. The standard InChI is InChI=1S/C56H35NOS/c1-2-13-39-34-42(26-25-36(39)11-1)41-15-7-14-40(33-41)37-27-30-44(31-28-37)57(50-21-10-22-51-55(50)49-32-29-38-12-3-4-18-47(38)56(49)58-51)45-17-8-16-43(35-45)46-20-9-24-53-54(46)48-19-5-6-23-52(48)59-53/h1-35H. The van der Waals surface area contributed by atoms with Crippen molar-refractivity contribution in [2.24, 2.45) is 0 Å². The Balaban J connectivity index is 1.02. The van der Waals surface area contributed by atoms with Gasteiger partial charge in [0.2, 0.25) is 0 Å². The van der Waals surface area contributed by atoms with Crippen molar-refractivity contribution in [2.75, 3.05) is 4.90 Å². The molecular formula is C56H35NOS. The molecular weight excluding hydrogens is 735 g/mol. The summed E-state index contributed by atoms with van der Waals surface area (Å²) in [6.07, 6.45) is 0. The highest BCUT2D eigenvalue weighted by atomic mass is 32.1. The summed E-state index contributed by atoms with van der Waals surface area (Å²) in [5.41, 5.74) is 12.2. The molecule has 0 radical (unpaired) electrons. The van der Waals surface area contributed by atoms with Gasteiger partial charge in [-0.25, -0.2) is 0 Å². The zero-order valence-corrected chi connectivity index (χ0v) is 32.8. The number of thiophene rings is 1. The van der Waals surface area contributed by atoms with E-state index in [0.29, 0.717) is 0 Å². The van der Waals surface area contributed by atoms with Crippen LogP contribution in [0, 0.1) is 0 Å². The number of rotatable bonds is 6. The summed E-state index contributed by atoms with van der Waals surface area (Å²) < 4.78 is 9.33. The van der Waals surface area contributed by atoms with Gasteiger partial charge in [-0.2, -0.15) is 0 Å². The van der Waals surface area contributed by atoms with Gasteiger partial charge < -0.3 is 9.32 Å². The first-order chi connectivity index (χ1) is 29.2. The molecule has 12 rings (SSSR count). The smallest absolute Gasteiger partial charge is 0.143 e. The molecule has 0 N–H and O–H groups in total. The van der Waals surface area contributed by atoms with Gasteiger partial charge in [0.15, 0.2) is 0 Å². The molecule has 276 valence electrons. The maximum atomic E-state index is 6.72. The van der Waals surface area contributed by atoms with E-state index in [1.165, 1.54) is 69.7 Å². The van der Waals surface area contributed by atoms with Crippen molar-refractivity contribution < 1.29 is 4.42 Å². The average molecular weight is 770 g/mol. The van der Waals surface area contributed by atoms with Crippen LogP contribution >= 0.6 is 11.3 Å². The molecule has 0 fully saturated rings. The SMILES string of the molecule is c1cc(-c2ccc(N(c3cccc(-c4cccc5sc6ccccc6c45)c3)c3cccc4oc5c6ccccc6ccc5c34)cc2)cc(-c2ccc3ccccc3c2)c1. The van der Waals surface area contributed by atoms with Crippen molar-refractivity contribution in [3.05, 3.63) is 212 Å². The Morgan fingerprint density at radius 1 is 0.356 bits per heavy atom. The van der Waals surface area contributed by atoms with Gasteiger partial charge in [-0.3, -0.25) is 0 Å². The summed E-state index contributed by atoms with van der Waals surface area (Å²) >= 11 is 1.86. The van der Waals surface area contributed by atoms with E-state index in [1.807, 2.05) is 11.3 Å². The molecule has 0 spiro atoms. The van der Waals surface area contributed by atoms with E-state index in [4.69, 9.17) is 4.42 Å². The first kappa shape index (κ1) is 33.7. The van der Waals surface area contributed by atoms with Crippen LogP contribution < -0.4 is 4.90 Å². The van der Waals surface area contributed by atoms with Crippen LogP contribution in [0.3, 0.4) is 0 Å². The molecule has 2 aromatic heterocycles. The molecule has 10 aromatic carbocycles. The average Bonchev–Trinajstić information content (AvgIpc) is 3.89. The Morgan fingerprint density at radius 2 is 1.02 bits per heavy atom. The highest BCUT2D eigenvalue weighted by molar-refractivity contribution is 7.25. The van der Waals surface area contributed by atoms with E-state index >= 15 is 0 Å². The summed E-state index contributed by atoms with van der Waals surface area (Å²) in [4.78, 5) is 2.40. The Morgan fingerprint density at radius 3 is 1.92 bits per heavy atom. The third-order valence-electron chi connectivity index (χ3n) is 11.8. The van der Waals surface area contributed by atoms with E-state index < -0.39 is 0 Å². The van der Waals surface area contributed by atoms with Gasteiger partial charge in [0, 0.05) is 42.3 Å². The fraction of sp³-hybridized carbons (Fsp3) is 0. The van der Waals surface area contributed by atoms with Crippen LogP contribution in [-0.4, -0.2) is 0 Å². The molecule has 59 heavy (non-hydrogen) atoms. The van der Waals surface area contributed by atoms with Crippen LogP contribution in [0.15, 0.2) is 217 Å². The molecule has 0 saturated carbocycles. The molecule has 0 saturated heterocycles. The molecule has 0 aliphatic rings. The molecule has 0 unspecified atom stereocenters. The van der Waals surface area contributed by atoms with Crippen molar-refractivity contribution >= 4 is 92.1 Å². The fourth-order valence-corrected chi connectivity index (χ4v) is 10.2. The van der Waals surface area contributed by atoms with Crippen LogP contribution in [0.2, 0.25) is 0 Å². The van der Waals surface area contributed by atoms with Gasteiger partial charge in [0.25, 0.3) is 0 Å². The molecule has 3 heteroatoms. The number of hydrogen-bond acceptors (Lipinski definition) is 3. The molecule has 0 aliphatic heterocycles. The van der Waals surface area contributed by atoms with E-state index in [0.717, 1.165) is 44.4 Å². The quantitative estimate of drug-likeness (QED) is 0.167. The van der Waals surface area contributed by atoms with Crippen molar-refractivity contribution in [3.8, 4) is 33.4 Å². The van der Waals surface area contributed by atoms with Crippen LogP contribution in [0.5, 0.6) is 0 Å². The minimum atomic E-state index is 0.867. The predicted octanol–water partition coefficient (Wildman–Crippen LogP) is 16.7. The summed E-state index contributed by atoms with van der Waals surface area (Å²) in [5, 5.41) is 9.59. The van der Waals surface area contributed by atoms with Crippen LogP contribution in [0.4, 0.5) is 17.1 Å². The minimum Gasteiger partial charge on any atom is -0.455 e. The van der Waals surface area contributed by atoms with E-state index in [2.05, 4.69) is 217 Å². The Hall–Kier alpha value is -7.46. The predicted molar refractivity (Wildman–Crippen MR) is 253 cm³/mol. The maximum Gasteiger partial charge on any atom is 0.143 e. The van der Waals surface area contributed by atoms with Gasteiger partial charge in [-0.15, -0.1) is 11.3 Å². The molecule has 12 aromatic rings. The lowest BCUT2D eigenvalue weighted by molar-refractivity contribution is 0.672. The molecule has 2 heterocycles. The highest BCUT2D eigenvalue weighted by Gasteiger charge is 2.21. The number of furan rings is 1. The molecule has 0 bridgehead atoms. The number of nitrogens with zero attached hydrogens (tertiary/aromatic N) is 1. The lowest BCUT2D eigenvalue weighted by Gasteiger charge is -2.27. The molecule has 2 nitrogen and oxygen atoms in total. The van der Waals surface area contributed by atoms with Crippen LogP contribution in [0.1, 0.15) is 0 Å². The molecule has 0 atom stereocenters. The molecule has 0 aliphatic carbocycles. The summed E-state index contributed by atoms with van der Waals surface area (Å²) in [7, 11) is 0. The molecule has 0 amide bonds. The fourth-order valence-electron chi connectivity index (χ4n) is 9.03. The van der Waals surface area contributed by atoms with Crippen LogP contribution in [-0.2, 0) is 0 Å². The Bertz CT molecular complexity index is 3570. The number of benzene rings is 10. The summed E-state index contributed by atoms with van der Waals surface area (Å²) in [5.74, 6) is 0. The third kappa shape index (κ3) is 5.62. The highest BCUT2D eigenvalue weighted by Crippen LogP contribution is 2.46. The topological polar surface area (TPSA) is 16.4 Å². The van der Waals surface area contributed by atoms with E-state index in [-0.39, 0.29) is 0 Å². The number of fused-ring (bicyclic) bond motifs is 9. The second kappa shape index (κ2) is 13.6. The lowest BCUT2D eigenvalue weighted by Crippen LogP contribution is -2.10. The van der Waals surface area contributed by atoms with Crippen molar-refractivity contribution in [2.45, 2.75) is 0 Å². The Labute approximate surface area is 345 Å². The van der Waals surface area contributed by atoms with Gasteiger partial charge in [0.1, 0.15) is 11.2 Å². The van der Waals surface area contributed by atoms with Crippen molar-refractivity contribution in [1.82, 2.24) is 0 Å². The van der Waals surface area contributed by atoms with Crippen molar-refractivity contribution in [3.63, 3.8) is 0 Å². The maximum absolute atomic E-state index is 6.72. The van der Waals surface area contributed by atoms with Gasteiger partial charge in [0.05, 0.1) is 11.1 Å². The van der Waals surface area contributed by atoms with Gasteiger partial charge in [-0.05, 0) is 116 Å². The second-order valence-electron chi connectivity index (χ2n) is 15.3. The first-order valence-corrected chi connectivity index (χ1v) is 20.9. The third-order valence-corrected chi connectivity index (χ3v) is 13.0. The first-order valence-electron chi connectivity index (χ1n) is 20.1. The summed E-state index contributed by atoms with van der Waals surface area (Å²) in [6, 6.07) is 77.0. The van der Waals surface area contributed by atoms with Gasteiger partial charge >= 0.3 is 0 Å². The lowest BCUT2D eigenvalue weighted by atomic mass is 9.97. The normalized spacial score (nSPS) is 11.7. The van der Waals surface area contributed by atoms with Crippen molar-refractivity contribution in [1.29, 1.82) is 0 Å². The zero-order chi connectivity index (χ0) is 38.9. The van der Waals surface area contributed by atoms with E-state index in [1.54, 1.807) is 0 Å². The largest absolute Gasteiger partial charge is 0.455 e. The number of hydrogen-bond donors (Lipinski definition) is 0. The van der Waals surface area contributed by atoms with E-state index in [9.17, 15) is 0 Å². The van der Waals surface area contributed by atoms with Gasteiger partial charge in [-0.1, -0.05) is 146 Å². The zero-order valence-electron chi connectivity index (χ0n) is 32.0. The number of anilines is 3. The second-order valence-corrected chi connectivity index (χ2v) is 16.4. The summed E-state index contributed by atoms with van der Waals surface area (Å²) in [6.45, 7) is 0.